The number of nitrogens with one attached hydrogen (secondary N) is 2. The molecule has 6 nitrogen and oxygen atoms in total. The fourth-order valence-corrected chi connectivity index (χ4v) is 3.27. The maximum Gasteiger partial charge on any atom is 0.272 e. The number of aromatic amines is 1. The number of hydrogen-bond acceptors (Lipinski definition) is 4. The lowest BCUT2D eigenvalue weighted by molar-refractivity contribution is -0.00697. The Labute approximate surface area is 125 Å². The third kappa shape index (κ3) is 2.96. The number of rotatable bonds is 2. The number of H-pyrrole nitrogens is 1. The molecule has 1 amide bonds. The highest BCUT2D eigenvalue weighted by atomic mass is 16.5. The van der Waals surface area contributed by atoms with E-state index >= 15 is 0 Å². The first kappa shape index (κ1) is 14.5. The van der Waals surface area contributed by atoms with Gasteiger partial charge in [0.25, 0.3) is 5.91 Å². The Morgan fingerprint density at radius 2 is 2.10 bits per heavy atom. The lowest BCUT2D eigenvalue weighted by Crippen LogP contribution is -2.43. The maximum absolute atomic E-state index is 12.5. The smallest absolute Gasteiger partial charge is 0.272 e. The lowest BCUT2D eigenvalue weighted by Gasteiger charge is -2.29. The normalized spacial score (nSPS) is 27.4. The summed E-state index contributed by atoms with van der Waals surface area (Å²) < 4.78 is 5.76. The van der Waals surface area contributed by atoms with E-state index < -0.39 is 0 Å². The number of hydrogen-bond donors (Lipinski definition) is 2. The van der Waals surface area contributed by atoms with Gasteiger partial charge in [0.15, 0.2) is 5.69 Å². The predicted molar refractivity (Wildman–Crippen MR) is 79.2 cm³/mol. The van der Waals surface area contributed by atoms with Crippen molar-refractivity contribution < 1.29 is 9.53 Å². The van der Waals surface area contributed by atoms with E-state index in [0.717, 1.165) is 43.6 Å². The molecule has 3 heterocycles. The Morgan fingerprint density at radius 3 is 2.81 bits per heavy atom. The molecule has 1 saturated heterocycles. The van der Waals surface area contributed by atoms with Gasteiger partial charge in [0, 0.05) is 18.0 Å². The Hall–Kier alpha value is -1.40. The van der Waals surface area contributed by atoms with Crippen molar-refractivity contribution in [2.75, 3.05) is 20.1 Å². The van der Waals surface area contributed by atoms with Crippen molar-refractivity contribution >= 4 is 5.91 Å². The summed E-state index contributed by atoms with van der Waals surface area (Å²) in [6.45, 7) is 6.09. The van der Waals surface area contributed by atoms with Crippen LogP contribution < -0.4 is 5.32 Å². The predicted octanol–water partition coefficient (Wildman–Crippen LogP) is 1.26. The van der Waals surface area contributed by atoms with Gasteiger partial charge in [-0.25, -0.2) is 0 Å². The van der Waals surface area contributed by atoms with E-state index in [0.29, 0.717) is 5.69 Å². The van der Waals surface area contributed by atoms with Crippen molar-refractivity contribution in [1.29, 1.82) is 0 Å². The van der Waals surface area contributed by atoms with E-state index in [-0.39, 0.29) is 24.2 Å². The number of likely N-dealkylation sites (tertiary alicyclic amines) is 1. The number of amides is 1. The van der Waals surface area contributed by atoms with Gasteiger partial charge in [-0.1, -0.05) is 0 Å². The average Bonchev–Trinajstić information content (AvgIpc) is 2.85. The van der Waals surface area contributed by atoms with Crippen molar-refractivity contribution in [1.82, 2.24) is 20.4 Å². The van der Waals surface area contributed by atoms with Crippen LogP contribution in [0.5, 0.6) is 0 Å². The summed E-state index contributed by atoms with van der Waals surface area (Å²) >= 11 is 0. The molecule has 2 atom stereocenters. The highest BCUT2D eigenvalue weighted by molar-refractivity contribution is 5.94. The molecular weight excluding hydrogens is 268 g/mol. The summed E-state index contributed by atoms with van der Waals surface area (Å²) in [7, 11) is 2.12. The van der Waals surface area contributed by atoms with Crippen LogP contribution >= 0.6 is 0 Å². The van der Waals surface area contributed by atoms with Crippen LogP contribution in [0.3, 0.4) is 0 Å². The van der Waals surface area contributed by atoms with Gasteiger partial charge in [-0.15, -0.1) is 0 Å². The Kier molecular flexibility index (Phi) is 3.99. The van der Waals surface area contributed by atoms with Crippen LogP contribution in [-0.2, 0) is 11.2 Å². The van der Waals surface area contributed by atoms with Crippen molar-refractivity contribution in [3.8, 4) is 0 Å². The molecule has 3 rings (SSSR count). The van der Waals surface area contributed by atoms with E-state index in [2.05, 4.69) is 27.5 Å². The minimum Gasteiger partial charge on any atom is -0.369 e. The Balaban J connectivity index is 1.71. The summed E-state index contributed by atoms with van der Waals surface area (Å²) in [4.78, 5) is 14.8. The van der Waals surface area contributed by atoms with Crippen molar-refractivity contribution in [2.24, 2.45) is 0 Å². The molecule has 0 spiro atoms. The van der Waals surface area contributed by atoms with Crippen LogP contribution in [0, 0.1) is 0 Å². The fourth-order valence-electron chi connectivity index (χ4n) is 3.27. The van der Waals surface area contributed by atoms with E-state index in [1.807, 2.05) is 13.8 Å². The number of carbonyl (C=O) groups is 1. The Bertz CT molecular complexity index is 520. The largest absolute Gasteiger partial charge is 0.369 e. The molecule has 2 aliphatic rings. The van der Waals surface area contributed by atoms with Gasteiger partial charge in [0.05, 0.1) is 17.9 Å². The highest BCUT2D eigenvalue weighted by Gasteiger charge is 2.30. The topological polar surface area (TPSA) is 70.2 Å². The van der Waals surface area contributed by atoms with Crippen molar-refractivity contribution in [3.63, 3.8) is 0 Å². The first-order valence-corrected chi connectivity index (χ1v) is 7.76. The molecular formula is C15H24N4O2. The van der Waals surface area contributed by atoms with Crippen LogP contribution in [0.4, 0.5) is 0 Å². The number of carbonyl (C=O) groups excluding carboxylic acids is 1. The van der Waals surface area contributed by atoms with E-state index in [9.17, 15) is 4.79 Å². The third-order valence-corrected chi connectivity index (χ3v) is 4.50. The molecule has 1 aromatic heterocycles. The first-order valence-electron chi connectivity index (χ1n) is 7.76. The molecule has 2 N–H and O–H groups in total. The molecule has 21 heavy (non-hydrogen) atoms. The SMILES string of the molecule is C[C@@H]1Cc2c(C(=O)NC3CCN(C)CC3)n[nH]c2[C@H](C)O1. The molecule has 0 saturated carbocycles. The average molecular weight is 292 g/mol. The summed E-state index contributed by atoms with van der Waals surface area (Å²) in [6, 6.07) is 0.260. The number of nitrogens with zero attached hydrogens (tertiary/aromatic N) is 2. The van der Waals surface area contributed by atoms with Gasteiger partial charge in [0.2, 0.25) is 0 Å². The second-order valence-electron chi connectivity index (χ2n) is 6.31. The van der Waals surface area contributed by atoms with Crippen LogP contribution in [-0.4, -0.2) is 53.3 Å². The van der Waals surface area contributed by atoms with Gasteiger partial charge in [-0.2, -0.15) is 5.10 Å². The molecule has 2 aliphatic heterocycles. The number of ether oxygens (including phenoxy) is 1. The monoisotopic (exact) mass is 292 g/mol. The second-order valence-corrected chi connectivity index (χ2v) is 6.31. The van der Waals surface area contributed by atoms with Crippen LogP contribution in [0.25, 0.3) is 0 Å². The van der Waals surface area contributed by atoms with Gasteiger partial charge in [-0.05, 0) is 46.8 Å². The van der Waals surface area contributed by atoms with Crippen LogP contribution in [0.2, 0.25) is 0 Å². The number of fused-ring (bicyclic) bond motifs is 1. The van der Waals surface area contributed by atoms with Crippen molar-refractivity contribution in [3.05, 3.63) is 17.0 Å². The van der Waals surface area contributed by atoms with Gasteiger partial charge >= 0.3 is 0 Å². The van der Waals surface area contributed by atoms with Crippen LogP contribution in [0.15, 0.2) is 0 Å². The van der Waals surface area contributed by atoms with E-state index in [1.165, 1.54) is 0 Å². The first-order chi connectivity index (χ1) is 10.0. The van der Waals surface area contributed by atoms with Gasteiger partial charge in [0.1, 0.15) is 0 Å². The molecule has 6 heteroatoms. The maximum atomic E-state index is 12.5. The summed E-state index contributed by atoms with van der Waals surface area (Å²) in [6.07, 6.45) is 2.85. The quantitative estimate of drug-likeness (QED) is 0.861. The van der Waals surface area contributed by atoms with Crippen LogP contribution in [0.1, 0.15) is 54.5 Å². The summed E-state index contributed by atoms with van der Waals surface area (Å²) in [5.74, 6) is -0.0525. The summed E-state index contributed by atoms with van der Waals surface area (Å²) in [5, 5.41) is 10.3. The molecule has 1 aromatic rings. The van der Waals surface area contributed by atoms with Gasteiger partial charge in [-0.3, -0.25) is 9.89 Å². The molecule has 1 fully saturated rings. The molecule has 0 aliphatic carbocycles. The lowest BCUT2D eigenvalue weighted by atomic mass is 9.99. The zero-order chi connectivity index (χ0) is 15.0. The highest BCUT2D eigenvalue weighted by Crippen LogP contribution is 2.30. The minimum absolute atomic E-state index is 0.0267. The van der Waals surface area contributed by atoms with Crippen molar-refractivity contribution in [2.45, 2.75) is 51.4 Å². The zero-order valence-electron chi connectivity index (χ0n) is 13.0. The van der Waals surface area contributed by atoms with E-state index in [1.54, 1.807) is 0 Å². The minimum atomic E-state index is -0.0525. The third-order valence-electron chi connectivity index (χ3n) is 4.50. The number of aromatic nitrogens is 2. The molecule has 116 valence electrons. The molecule has 0 bridgehead atoms. The van der Waals surface area contributed by atoms with Gasteiger partial charge < -0.3 is 15.0 Å². The molecule has 0 unspecified atom stereocenters. The van der Waals surface area contributed by atoms with E-state index in [4.69, 9.17) is 4.74 Å². The number of piperidine rings is 1. The second kappa shape index (κ2) is 5.77. The zero-order valence-corrected chi connectivity index (χ0v) is 13.0. The Morgan fingerprint density at radius 1 is 1.38 bits per heavy atom. The standard InChI is InChI=1S/C15H24N4O2/c1-9-8-12-13(10(2)21-9)17-18-14(12)15(20)16-11-4-6-19(3)7-5-11/h9-11H,4-8H2,1-3H3,(H,16,20)(H,17,18)/t9-,10+/m1/s1. The summed E-state index contributed by atoms with van der Waals surface area (Å²) in [5.41, 5.74) is 2.51. The fraction of sp³-hybridized carbons (Fsp3) is 0.733. The molecule has 0 aromatic carbocycles. The molecule has 0 radical (unpaired) electrons.